The minimum Gasteiger partial charge on any atom is -0.450 e. The average Bonchev–Trinajstić information content (AvgIpc) is 2.75. The van der Waals surface area contributed by atoms with E-state index in [2.05, 4.69) is 20.8 Å². The molecular weight excluding hydrogens is 370 g/mol. The molecular formula is C21H27N5O3. The number of carbonyl (C=O) groups excluding carboxylic acids is 2. The van der Waals surface area contributed by atoms with Gasteiger partial charge < -0.3 is 20.3 Å². The summed E-state index contributed by atoms with van der Waals surface area (Å²) >= 11 is 0. The Morgan fingerprint density at radius 1 is 1.10 bits per heavy atom. The first-order valence-corrected chi connectivity index (χ1v) is 10.00. The van der Waals surface area contributed by atoms with Gasteiger partial charge >= 0.3 is 6.09 Å². The molecule has 0 unspecified atom stereocenters. The van der Waals surface area contributed by atoms with E-state index in [4.69, 9.17) is 4.74 Å². The second-order valence-electron chi connectivity index (χ2n) is 6.90. The zero-order valence-corrected chi connectivity index (χ0v) is 16.6. The summed E-state index contributed by atoms with van der Waals surface area (Å²) in [5, 5.41) is 14.3. The largest absolute Gasteiger partial charge is 0.450 e. The number of aromatic nitrogens is 2. The number of hydrogen-bond donors (Lipinski definition) is 2. The first kappa shape index (κ1) is 20.6. The lowest BCUT2D eigenvalue weighted by atomic mass is 10.1. The van der Waals surface area contributed by atoms with Crippen molar-refractivity contribution in [1.29, 1.82) is 0 Å². The molecule has 1 aromatic carbocycles. The van der Waals surface area contributed by atoms with Crippen molar-refractivity contribution in [3.05, 3.63) is 53.7 Å². The summed E-state index contributed by atoms with van der Waals surface area (Å²) in [4.78, 5) is 25.7. The molecule has 0 atom stereocenters. The van der Waals surface area contributed by atoms with E-state index in [0.29, 0.717) is 37.8 Å². The lowest BCUT2D eigenvalue weighted by Crippen LogP contribution is -2.42. The van der Waals surface area contributed by atoms with Crippen LogP contribution in [0, 0.1) is 0 Å². The lowest BCUT2D eigenvalue weighted by Gasteiger charge is -2.31. The average molecular weight is 397 g/mol. The number of hydrogen-bond acceptors (Lipinski definition) is 6. The molecule has 1 aliphatic rings. The van der Waals surface area contributed by atoms with Crippen LogP contribution in [-0.4, -0.2) is 59.4 Å². The van der Waals surface area contributed by atoms with E-state index in [1.807, 2.05) is 30.3 Å². The molecule has 1 aliphatic heterocycles. The number of ether oxygens (including phenoxy) is 1. The molecule has 0 spiro atoms. The van der Waals surface area contributed by atoms with Crippen LogP contribution >= 0.6 is 0 Å². The fourth-order valence-electron chi connectivity index (χ4n) is 3.22. The van der Waals surface area contributed by atoms with Crippen LogP contribution in [0.5, 0.6) is 0 Å². The van der Waals surface area contributed by atoms with Gasteiger partial charge in [-0.15, -0.1) is 10.2 Å². The summed E-state index contributed by atoms with van der Waals surface area (Å²) in [6.45, 7) is 4.03. The van der Waals surface area contributed by atoms with Crippen molar-refractivity contribution in [2.45, 2.75) is 32.2 Å². The Morgan fingerprint density at radius 3 is 2.52 bits per heavy atom. The number of carbonyl (C=O) groups is 2. The van der Waals surface area contributed by atoms with E-state index < -0.39 is 0 Å². The maximum absolute atomic E-state index is 12.2. The zero-order valence-electron chi connectivity index (χ0n) is 16.6. The van der Waals surface area contributed by atoms with Crippen LogP contribution in [0.15, 0.2) is 42.5 Å². The molecule has 1 aromatic heterocycles. The van der Waals surface area contributed by atoms with Gasteiger partial charge in [0.15, 0.2) is 5.69 Å². The molecule has 1 saturated heterocycles. The van der Waals surface area contributed by atoms with Crippen LogP contribution in [0.4, 0.5) is 10.6 Å². The number of nitrogens with zero attached hydrogens (tertiary/aromatic N) is 3. The van der Waals surface area contributed by atoms with E-state index in [1.54, 1.807) is 24.0 Å². The van der Waals surface area contributed by atoms with Gasteiger partial charge in [-0.25, -0.2) is 4.79 Å². The van der Waals surface area contributed by atoms with Crippen molar-refractivity contribution in [3.63, 3.8) is 0 Å². The zero-order chi connectivity index (χ0) is 20.5. The van der Waals surface area contributed by atoms with Gasteiger partial charge in [-0.3, -0.25) is 4.79 Å². The number of anilines is 1. The van der Waals surface area contributed by atoms with Gasteiger partial charge in [0.05, 0.1) is 6.61 Å². The topological polar surface area (TPSA) is 96.5 Å². The third kappa shape index (κ3) is 6.17. The Kier molecular flexibility index (Phi) is 7.38. The van der Waals surface area contributed by atoms with Crippen LogP contribution < -0.4 is 10.6 Å². The maximum atomic E-state index is 12.2. The first-order chi connectivity index (χ1) is 14.2. The minimum absolute atomic E-state index is 0.209. The summed E-state index contributed by atoms with van der Waals surface area (Å²) in [5.41, 5.74) is 1.47. The smallest absolute Gasteiger partial charge is 0.409 e. The SMILES string of the molecule is CCOC(=O)N1CCC(Nc2ccc(C(=O)NCCc3ccccc3)nn2)CC1. The van der Waals surface area contributed by atoms with Gasteiger partial charge in [0.25, 0.3) is 5.91 Å². The molecule has 2 aromatic rings. The molecule has 0 saturated carbocycles. The summed E-state index contributed by atoms with van der Waals surface area (Å²) in [6.07, 6.45) is 2.13. The highest BCUT2D eigenvalue weighted by Gasteiger charge is 2.23. The quantitative estimate of drug-likeness (QED) is 0.745. The van der Waals surface area contributed by atoms with E-state index in [1.165, 1.54) is 5.56 Å². The van der Waals surface area contributed by atoms with Crippen LogP contribution in [0.25, 0.3) is 0 Å². The summed E-state index contributed by atoms with van der Waals surface area (Å²) in [7, 11) is 0. The number of benzene rings is 1. The Balaban J connectivity index is 1.42. The minimum atomic E-state index is -0.256. The van der Waals surface area contributed by atoms with Gasteiger partial charge in [0.1, 0.15) is 5.82 Å². The molecule has 2 heterocycles. The molecule has 1 fully saturated rings. The second-order valence-corrected chi connectivity index (χ2v) is 6.90. The van der Waals surface area contributed by atoms with Crippen molar-refractivity contribution >= 4 is 17.8 Å². The van der Waals surface area contributed by atoms with Crippen molar-refractivity contribution in [3.8, 4) is 0 Å². The fourth-order valence-corrected chi connectivity index (χ4v) is 3.22. The molecule has 0 radical (unpaired) electrons. The van der Waals surface area contributed by atoms with Crippen molar-refractivity contribution < 1.29 is 14.3 Å². The van der Waals surface area contributed by atoms with Gasteiger partial charge in [-0.05, 0) is 43.9 Å². The molecule has 2 N–H and O–H groups in total. The van der Waals surface area contributed by atoms with Crippen molar-refractivity contribution in [1.82, 2.24) is 20.4 Å². The first-order valence-electron chi connectivity index (χ1n) is 10.00. The summed E-state index contributed by atoms with van der Waals surface area (Å²) < 4.78 is 5.03. The van der Waals surface area contributed by atoms with Gasteiger partial charge in [-0.1, -0.05) is 30.3 Å². The van der Waals surface area contributed by atoms with Gasteiger partial charge in [0, 0.05) is 25.7 Å². The fraction of sp³-hybridized carbons (Fsp3) is 0.429. The molecule has 8 heteroatoms. The predicted octanol–water partition coefficient (Wildman–Crippen LogP) is 2.48. The van der Waals surface area contributed by atoms with E-state index in [-0.39, 0.29) is 18.0 Å². The van der Waals surface area contributed by atoms with Gasteiger partial charge in [0.2, 0.25) is 0 Å². The van der Waals surface area contributed by atoms with E-state index in [9.17, 15) is 9.59 Å². The van der Waals surface area contributed by atoms with Crippen molar-refractivity contribution in [2.75, 3.05) is 31.6 Å². The third-order valence-electron chi connectivity index (χ3n) is 4.81. The number of piperidine rings is 1. The van der Waals surface area contributed by atoms with Crippen LogP contribution in [0.3, 0.4) is 0 Å². The number of rotatable bonds is 7. The normalized spacial score (nSPS) is 14.3. The Labute approximate surface area is 170 Å². The standard InChI is InChI=1S/C21H27N5O3/c1-2-29-21(28)26-14-11-17(12-15-26)23-19-9-8-18(24-25-19)20(27)22-13-10-16-6-4-3-5-7-16/h3-9,17H,2,10-15H2,1H3,(H,22,27)(H,23,25). The highest BCUT2D eigenvalue weighted by atomic mass is 16.6. The van der Waals surface area contributed by atoms with Crippen molar-refractivity contribution in [2.24, 2.45) is 0 Å². The van der Waals surface area contributed by atoms with Crippen LogP contribution in [0.2, 0.25) is 0 Å². The Hall–Kier alpha value is -3.16. The second kappa shape index (κ2) is 10.4. The highest BCUT2D eigenvalue weighted by Crippen LogP contribution is 2.15. The molecule has 0 aliphatic carbocycles. The highest BCUT2D eigenvalue weighted by molar-refractivity contribution is 5.92. The molecule has 29 heavy (non-hydrogen) atoms. The molecule has 2 amide bonds. The van der Waals surface area contributed by atoms with Gasteiger partial charge in [-0.2, -0.15) is 0 Å². The van der Waals surface area contributed by atoms with E-state index >= 15 is 0 Å². The Morgan fingerprint density at radius 2 is 1.86 bits per heavy atom. The molecule has 8 nitrogen and oxygen atoms in total. The monoisotopic (exact) mass is 397 g/mol. The third-order valence-corrected chi connectivity index (χ3v) is 4.81. The molecule has 0 bridgehead atoms. The summed E-state index contributed by atoms with van der Waals surface area (Å²) in [5.74, 6) is 0.392. The van der Waals surface area contributed by atoms with Crippen LogP contribution in [0.1, 0.15) is 35.8 Å². The predicted molar refractivity (Wildman–Crippen MR) is 110 cm³/mol. The molecule has 154 valence electrons. The summed E-state index contributed by atoms with van der Waals surface area (Å²) in [6, 6.07) is 13.6. The lowest BCUT2D eigenvalue weighted by molar-refractivity contribution is 0.0947. The van der Waals surface area contributed by atoms with Crippen LogP contribution in [-0.2, 0) is 11.2 Å². The number of likely N-dealkylation sites (tertiary alicyclic amines) is 1. The van der Waals surface area contributed by atoms with E-state index in [0.717, 1.165) is 19.3 Å². The Bertz CT molecular complexity index is 790. The number of nitrogens with one attached hydrogen (secondary N) is 2. The number of amides is 2. The molecule has 3 rings (SSSR count). The maximum Gasteiger partial charge on any atom is 0.409 e.